The van der Waals surface area contributed by atoms with Gasteiger partial charge in [0.2, 0.25) is 0 Å². The molecule has 2 amide bonds. The van der Waals surface area contributed by atoms with Crippen LogP contribution in [0.15, 0.2) is 24.3 Å². The molecule has 1 fully saturated rings. The molecule has 0 spiro atoms. The van der Waals surface area contributed by atoms with Crippen molar-refractivity contribution in [3.8, 4) is 0 Å². The van der Waals surface area contributed by atoms with E-state index in [4.69, 9.17) is 13.9 Å². The van der Waals surface area contributed by atoms with Gasteiger partial charge in [0, 0.05) is 31.3 Å². The van der Waals surface area contributed by atoms with Gasteiger partial charge in [-0.05, 0) is 75.9 Å². The Morgan fingerprint density at radius 2 is 1.79 bits per heavy atom. The highest BCUT2D eigenvalue weighted by molar-refractivity contribution is 6.74. The average molecular weight is 568 g/mol. The molecular formula is C27H45N3O8Si. The van der Waals surface area contributed by atoms with Gasteiger partial charge in [-0.3, -0.25) is 10.1 Å². The third kappa shape index (κ3) is 10.4. The molecule has 0 saturated carbocycles. The molecule has 2 N–H and O–H groups in total. The fraction of sp³-hybridized carbons (Fsp3) is 0.704. The number of amides is 2. The third-order valence-corrected chi connectivity index (χ3v) is 11.6. The van der Waals surface area contributed by atoms with Crippen molar-refractivity contribution < 1.29 is 33.5 Å². The monoisotopic (exact) mass is 567 g/mol. The molecule has 220 valence electrons. The number of nitrogens with one attached hydrogen (secondary N) is 1. The predicted octanol–water partition coefficient (Wildman–Crippen LogP) is 5.36. The Morgan fingerprint density at radius 3 is 2.33 bits per heavy atom. The lowest BCUT2D eigenvalue weighted by Crippen LogP contribution is -2.45. The normalized spacial score (nSPS) is 18.9. The number of nitrogens with zero attached hydrogens (tertiary/aromatic N) is 2. The van der Waals surface area contributed by atoms with E-state index in [0.717, 1.165) is 0 Å². The molecule has 0 aliphatic carbocycles. The van der Waals surface area contributed by atoms with Crippen molar-refractivity contribution in [1.82, 2.24) is 10.2 Å². The summed E-state index contributed by atoms with van der Waals surface area (Å²) < 4.78 is 17.4. The number of ether oxygens (including phenoxy) is 2. The molecule has 1 aliphatic rings. The van der Waals surface area contributed by atoms with Crippen LogP contribution in [0, 0.1) is 10.1 Å². The number of rotatable bonds is 10. The van der Waals surface area contributed by atoms with Gasteiger partial charge in [-0.2, -0.15) is 0 Å². The minimum atomic E-state index is -2.06. The molecule has 1 saturated heterocycles. The molecule has 0 radical (unpaired) electrons. The molecule has 39 heavy (non-hydrogen) atoms. The minimum absolute atomic E-state index is 0.0279. The van der Waals surface area contributed by atoms with Crippen molar-refractivity contribution in [2.75, 3.05) is 13.1 Å². The van der Waals surface area contributed by atoms with Crippen molar-refractivity contribution in [3.05, 3.63) is 39.9 Å². The molecule has 3 atom stereocenters. The fourth-order valence-electron chi connectivity index (χ4n) is 4.01. The van der Waals surface area contributed by atoms with Gasteiger partial charge >= 0.3 is 12.2 Å². The number of carbonyl (C=O) groups is 2. The van der Waals surface area contributed by atoms with Crippen molar-refractivity contribution in [2.45, 2.75) is 109 Å². The Balaban J connectivity index is 1.88. The molecule has 1 heterocycles. The van der Waals surface area contributed by atoms with Gasteiger partial charge in [0.25, 0.3) is 5.69 Å². The second-order valence-corrected chi connectivity index (χ2v) is 17.4. The molecule has 0 aromatic heterocycles. The number of aliphatic hydroxyl groups is 1. The second kappa shape index (κ2) is 13.1. The zero-order valence-electron chi connectivity index (χ0n) is 24.5. The van der Waals surface area contributed by atoms with E-state index in [-0.39, 0.29) is 42.4 Å². The van der Waals surface area contributed by atoms with Crippen LogP contribution in [-0.4, -0.2) is 72.4 Å². The maximum absolute atomic E-state index is 13.0. The third-order valence-electron chi connectivity index (χ3n) is 7.08. The van der Waals surface area contributed by atoms with E-state index < -0.39 is 37.1 Å². The Labute approximate surface area is 232 Å². The standard InChI is InChI=1S/C27H45N3O8Si/c1-26(2,3)37-25(33)29-17-23(38-39(7,8)27(4,5)6)16-21(29)15-22(31)13-14-28-24(32)36-18-19-9-11-20(12-10-19)30(34)35/h9-12,21-23,31H,13-18H2,1-8H3,(H,28,32)/t21-,22+,23-/m1/s1. The summed E-state index contributed by atoms with van der Waals surface area (Å²) in [6.07, 6.45) is -0.763. The van der Waals surface area contributed by atoms with Crippen molar-refractivity contribution >= 4 is 26.2 Å². The first-order valence-electron chi connectivity index (χ1n) is 13.4. The summed E-state index contributed by atoms with van der Waals surface area (Å²) in [4.78, 5) is 36.9. The number of carbonyl (C=O) groups excluding carboxylic acids is 2. The summed E-state index contributed by atoms with van der Waals surface area (Å²) in [7, 11) is -2.06. The van der Waals surface area contributed by atoms with Crippen LogP contribution in [0.2, 0.25) is 18.1 Å². The predicted molar refractivity (Wildman–Crippen MR) is 150 cm³/mol. The number of nitro benzene ring substituents is 1. The van der Waals surface area contributed by atoms with E-state index in [1.165, 1.54) is 24.3 Å². The number of likely N-dealkylation sites (tertiary alicyclic amines) is 1. The van der Waals surface area contributed by atoms with Crippen LogP contribution >= 0.6 is 0 Å². The lowest BCUT2D eigenvalue weighted by atomic mass is 10.0. The van der Waals surface area contributed by atoms with Crippen LogP contribution in [0.3, 0.4) is 0 Å². The lowest BCUT2D eigenvalue weighted by Gasteiger charge is -2.38. The number of alkyl carbamates (subject to hydrolysis) is 1. The Morgan fingerprint density at radius 1 is 1.18 bits per heavy atom. The molecule has 1 aromatic rings. The van der Waals surface area contributed by atoms with Crippen molar-refractivity contribution in [3.63, 3.8) is 0 Å². The largest absolute Gasteiger partial charge is 0.445 e. The summed E-state index contributed by atoms with van der Waals surface area (Å²) in [6.45, 7) is 16.9. The topological polar surface area (TPSA) is 140 Å². The number of nitro groups is 1. The average Bonchev–Trinajstić information content (AvgIpc) is 3.17. The number of non-ortho nitro benzene ring substituents is 1. The highest BCUT2D eigenvalue weighted by Crippen LogP contribution is 2.39. The summed E-state index contributed by atoms with van der Waals surface area (Å²) >= 11 is 0. The van der Waals surface area contributed by atoms with E-state index >= 15 is 0 Å². The molecule has 11 nitrogen and oxygen atoms in total. The molecule has 1 aromatic carbocycles. The molecule has 0 bridgehead atoms. The number of hydrogen-bond donors (Lipinski definition) is 2. The van der Waals surface area contributed by atoms with E-state index in [0.29, 0.717) is 24.9 Å². The van der Waals surface area contributed by atoms with Crippen LogP contribution in [0.5, 0.6) is 0 Å². The van der Waals surface area contributed by atoms with E-state index in [2.05, 4.69) is 39.2 Å². The smallest absolute Gasteiger partial charge is 0.410 e. The first-order chi connectivity index (χ1) is 17.9. The van der Waals surface area contributed by atoms with Crippen LogP contribution < -0.4 is 5.32 Å². The van der Waals surface area contributed by atoms with E-state index in [1.54, 1.807) is 4.90 Å². The van der Waals surface area contributed by atoms with Crippen LogP contribution in [-0.2, 0) is 20.5 Å². The van der Waals surface area contributed by atoms with Crippen LogP contribution in [0.25, 0.3) is 0 Å². The van der Waals surface area contributed by atoms with Gasteiger partial charge in [-0.25, -0.2) is 9.59 Å². The van der Waals surface area contributed by atoms with Gasteiger partial charge in [0.1, 0.15) is 12.2 Å². The molecule has 12 heteroatoms. The summed E-state index contributed by atoms with van der Waals surface area (Å²) in [6, 6.07) is 5.49. The first-order valence-corrected chi connectivity index (χ1v) is 16.3. The SMILES string of the molecule is CC(C)(C)OC(=O)N1C[C@H](O[Si](C)(C)C(C)(C)C)C[C@H]1C[C@@H](O)CCNC(=O)OCc1ccc([N+](=O)[O-])cc1. The zero-order chi connectivity index (χ0) is 29.6. The number of aliphatic hydroxyl groups excluding tert-OH is 1. The molecule has 2 rings (SSSR count). The summed E-state index contributed by atoms with van der Waals surface area (Å²) in [5.41, 5.74) is -0.0616. The van der Waals surface area contributed by atoms with Crippen LogP contribution in [0.1, 0.15) is 66.4 Å². The number of hydrogen-bond acceptors (Lipinski definition) is 8. The maximum atomic E-state index is 13.0. The quantitative estimate of drug-likeness (QED) is 0.219. The van der Waals surface area contributed by atoms with Crippen molar-refractivity contribution in [2.24, 2.45) is 0 Å². The van der Waals surface area contributed by atoms with Crippen LogP contribution in [0.4, 0.5) is 15.3 Å². The summed E-state index contributed by atoms with van der Waals surface area (Å²) in [5.74, 6) is 0. The number of benzene rings is 1. The fourth-order valence-corrected chi connectivity index (χ4v) is 5.36. The van der Waals surface area contributed by atoms with Gasteiger partial charge in [-0.1, -0.05) is 20.8 Å². The highest BCUT2D eigenvalue weighted by atomic mass is 28.4. The molecule has 1 aliphatic heterocycles. The minimum Gasteiger partial charge on any atom is -0.445 e. The van der Waals surface area contributed by atoms with Gasteiger partial charge in [0.15, 0.2) is 8.32 Å². The highest BCUT2D eigenvalue weighted by Gasteiger charge is 2.44. The van der Waals surface area contributed by atoms with E-state index in [1.807, 2.05) is 20.8 Å². The van der Waals surface area contributed by atoms with E-state index in [9.17, 15) is 24.8 Å². The Kier molecular flexibility index (Phi) is 10.9. The first kappa shape index (κ1) is 32.5. The zero-order valence-corrected chi connectivity index (χ0v) is 25.5. The molecular weight excluding hydrogens is 522 g/mol. The summed E-state index contributed by atoms with van der Waals surface area (Å²) in [5, 5.41) is 24.1. The Bertz CT molecular complexity index is 988. The van der Waals surface area contributed by atoms with Gasteiger partial charge in [-0.15, -0.1) is 0 Å². The Hall–Kier alpha value is -2.70. The second-order valence-electron chi connectivity index (χ2n) is 12.6. The van der Waals surface area contributed by atoms with Crippen molar-refractivity contribution in [1.29, 1.82) is 0 Å². The lowest BCUT2D eigenvalue weighted by molar-refractivity contribution is -0.384. The molecule has 0 unspecified atom stereocenters. The van der Waals surface area contributed by atoms with Gasteiger partial charge in [0.05, 0.1) is 17.1 Å². The maximum Gasteiger partial charge on any atom is 0.410 e. The van der Waals surface area contributed by atoms with Gasteiger partial charge < -0.3 is 29.2 Å².